The van der Waals surface area contributed by atoms with Gasteiger partial charge in [-0.25, -0.2) is 8.78 Å². The van der Waals surface area contributed by atoms with Gasteiger partial charge in [0.05, 0.1) is 12.2 Å². The van der Waals surface area contributed by atoms with Crippen molar-refractivity contribution in [2.75, 3.05) is 7.05 Å². The lowest BCUT2D eigenvalue weighted by Gasteiger charge is -2.15. The van der Waals surface area contributed by atoms with Gasteiger partial charge < -0.3 is 5.32 Å². The van der Waals surface area contributed by atoms with Crippen molar-refractivity contribution in [3.05, 3.63) is 53.4 Å². The first-order valence-electron chi connectivity index (χ1n) is 5.23. The number of hydrogen-bond donors (Lipinski definition) is 1. The first-order valence-corrected chi connectivity index (χ1v) is 5.23. The summed E-state index contributed by atoms with van der Waals surface area (Å²) in [5, 5.41) is 6.98. The summed E-state index contributed by atoms with van der Waals surface area (Å²) in [7, 11) is 3.47. The lowest BCUT2D eigenvalue weighted by atomic mass is 10.0. The predicted octanol–water partition coefficient (Wildman–Crippen LogP) is 2.01. The van der Waals surface area contributed by atoms with Crippen LogP contribution in [0.2, 0.25) is 0 Å². The summed E-state index contributed by atoms with van der Waals surface area (Å²) in [4.78, 5) is 0. The predicted molar refractivity (Wildman–Crippen MR) is 60.5 cm³/mol. The molecule has 0 spiro atoms. The van der Waals surface area contributed by atoms with E-state index in [0.717, 1.165) is 11.6 Å². The molecule has 0 aliphatic carbocycles. The Balaban J connectivity index is 2.45. The van der Waals surface area contributed by atoms with Crippen molar-refractivity contribution in [3.8, 4) is 0 Å². The highest BCUT2D eigenvalue weighted by molar-refractivity contribution is 5.30. The van der Waals surface area contributed by atoms with E-state index in [0.29, 0.717) is 0 Å². The molecule has 1 aromatic heterocycles. The highest BCUT2D eigenvalue weighted by atomic mass is 19.2. The van der Waals surface area contributed by atoms with Gasteiger partial charge in [-0.05, 0) is 13.1 Å². The third-order valence-electron chi connectivity index (χ3n) is 2.64. The number of hydrogen-bond acceptors (Lipinski definition) is 2. The fraction of sp³-hybridized carbons (Fsp3) is 0.250. The van der Waals surface area contributed by atoms with Crippen molar-refractivity contribution in [3.63, 3.8) is 0 Å². The molecule has 3 nitrogen and oxygen atoms in total. The van der Waals surface area contributed by atoms with Crippen molar-refractivity contribution in [2.24, 2.45) is 7.05 Å². The fourth-order valence-corrected chi connectivity index (χ4v) is 1.83. The van der Waals surface area contributed by atoms with Gasteiger partial charge in [-0.1, -0.05) is 12.1 Å². The Bertz CT molecular complexity index is 522. The topological polar surface area (TPSA) is 29.9 Å². The summed E-state index contributed by atoms with van der Waals surface area (Å²) in [5.74, 6) is -1.66. The average molecular weight is 237 g/mol. The van der Waals surface area contributed by atoms with Gasteiger partial charge in [0.2, 0.25) is 0 Å². The van der Waals surface area contributed by atoms with E-state index in [4.69, 9.17) is 0 Å². The van der Waals surface area contributed by atoms with Crippen LogP contribution in [0.5, 0.6) is 0 Å². The number of nitrogens with one attached hydrogen (secondary N) is 1. The molecule has 17 heavy (non-hydrogen) atoms. The molecule has 0 fully saturated rings. The third kappa shape index (κ3) is 2.19. The summed E-state index contributed by atoms with van der Waals surface area (Å²) in [5.41, 5.74) is 1.07. The zero-order valence-corrected chi connectivity index (χ0v) is 9.61. The quantitative estimate of drug-likeness (QED) is 0.885. The van der Waals surface area contributed by atoms with Gasteiger partial charge in [-0.3, -0.25) is 4.68 Å². The van der Waals surface area contributed by atoms with Gasteiger partial charge in [-0.15, -0.1) is 0 Å². The van der Waals surface area contributed by atoms with E-state index in [2.05, 4.69) is 10.4 Å². The van der Waals surface area contributed by atoms with Crippen LogP contribution in [0.3, 0.4) is 0 Å². The van der Waals surface area contributed by atoms with Gasteiger partial charge in [-0.2, -0.15) is 5.10 Å². The Hall–Kier alpha value is -1.75. The van der Waals surface area contributed by atoms with Gasteiger partial charge in [0, 0.05) is 24.4 Å². The lowest BCUT2D eigenvalue weighted by Crippen LogP contribution is -2.19. The molecule has 0 aliphatic rings. The maximum Gasteiger partial charge on any atom is 0.163 e. The van der Waals surface area contributed by atoms with Crippen molar-refractivity contribution in [2.45, 2.75) is 6.04 Å². The van der Waals surface area contributed by atoms with Crippen LogP contribution >= 0.6 is 0 Å². The highest BCUT2D eigenvalue weighted by Gasteiger charge is 2.19. The minimum atomic E-state index is -0.841. The van der Waals surface area contributed by atoms with Crippen molar-refractivity contribution >= 4 is 0 Å². The zero-order chi connectivity index (χ0) is 12.4. The normalized spacial score (nSPS) is 12.7. The van der Waals surface area contributed by atoms with Gasteiger partial charge >= 0.3 is 0 Å². The Morgan fingerprint density at radius 3 is 2.71 bits per heavy atom. The zero-order valence-electron chi connectivity index (χ0n) is 9.61. The molecule has 1 N–H and O–H groups in total. The first kappa shape index (κ1) is 11.7. The summed E-state index contributed by atoms with van der Waals surface area (Å²) in [6.45, 7) is 0. The van der Waals surface area contributed by atoms with Crippen molar-refractivity contribution < 1.29 is 8.78 Å². The maximum atomic E-state index is 13.7. The van der Waals surface area contributed by atoms with Crippen LogP contribution in [-0.4, -0.2) is 16.8 Å². The number of halogens is 2. The van der Waals surface area contributed by atoms with E-state index in [1.807, 2.05) is 0 Å². The summed E-state index contributed by atoms with van der Waals surface area (Å²) < 4.78 is 28.5. The molecule has 2 rings (SSSR count). The molecule has 0 amide bonds. The van der Waals surface area contributed by atoms with E-state index < -0.39 is 17.7 Å². The van der Waals surface area contributed by atoms with E-state index in [1.54, 1.807) is 37.2 Å². The average Bonchev–Trinajstić information content (AvgIpc) is 2.72. The van der Waals surface area contributed by atoms with Crippen LogP contribution in [0.25, 0.3) is 0 Å². The molecule has 0 saturated heterocycles. The smallest absolute Gasteiger partial charge is 0.163 e. The molecule has 5 heteroatoms. The molecular formula is C12H13F2N3. The number of aromatic nitrogens is 2. The van der Waals surface area contributed by atoms with Crippen LogP contribution in [0.4, 0.5) is 8.78 Å². The second-order valence-electron chi connectivity index (χ2n) is 3.81. The maximum absolute atomic E-state index is 13.7. The monoisotopic (exact) mass is 237 g/mol. The fourth-order valence-electron chi connectivity index (χ4n) is 1.83. The van der Waals surface area contributed by atoms with Gasteiger partial charge in [0.15, 0.2) is 11.6 Å². The Morgan fingerprint density at radius 1 is 1.35 bits per heavy atom. The second kappa shape index (κ2) is 4.63. The van der Waals surface area contributed by atoms with Crippen LogP contribution < -0.4 is 5.32 Å². The van der Waals surface area contributed by atoms with Crippen molar-refractivity contribution in [1.29, 1.82) is 0 Å². The Kier molecular flexibility index (Phi) is 3.19. The molecule has 0 saturated carbocycles. The standard InChI is InChI=1S/C12H13F2N3/c1-15-12(8-6-16-17(2)7-8)9-4-3-5-10(13)11(9)14/h3-7,12,15H,1-2H3. The third-order valence-corrected chi connectivity index (χ3v) is 2.64. The number of aryl methyl sites for hydroxylation is 1. The van der Waals surface area contributed by atoms with Crippen LogP contribution in [0.1, 0.15) is 17.2 Å². The molecule has 1 unspecified atom stereocenters. The molecule has 0 bridgehead atoms. The Labute approximate surface area is 98.1 Å². The largest absolute Gasteiger partial charge is 0.309 e. The minimum Gasteiger partial charge on any atom is -0.309 e. The summed E-state index contributed by atoms with van der Waals surface area (Å²) >= 11 is 0. The van der Waals surface area contributed by atoms with Gasteiger partial charge in [0.25, 0.3) is 0 Å². The Morgan fingerprint density at radius 2 is 2.12 bits per heavy atom. The van der Waals surface area contributed by atoms with Gasteiger partial charge in [0.1, 0.15) is 0 Å². The molecule has 0 radical (unpaired) electrons. The molecule has 1 heterocycles. The van der Waals surface area contributed by atoms with E-state index in [9.17, 15) is 8.78 Å². The number of rotatable bonds is 3. The molecule has 2 aromatic rings. The summed E-state index contributed by atoms with van der Waals surface area (Å²) in [6, 6.07) is 3.76. The number of nitrogens with zero attached hydrogens (tertiary/aromatic N) is 2. The molecule has 90 valence electrons. The summed E-state index contributed by atoms with van der Waals surface area (Å²) in [6.07, 6.45) is 3.40. The highest BCUT2D eigenvalue weighted by Crippen LogP contribution is 2.24. The van der Waals surface area contributed by atoms with Crippen LogP contribution in [0, 0.1) is 11.6 Å². The molecule has 1 aromatic carbocycles. The van der Waals surface area contributed by atoms with E-state index in [-0.39, 0.29) is 5.56 Å². The van der Waals surface area contributed by atoms with E-state index in [1.165, 1.54) is 6.07 Å². The van der Waals surface area contributed by atoms with Crippen LogP contribution in [-0.2, 0) is 7.05 Å². The minimum absolute atomic E-state index is 0.278. The van der Waals surface area contributed by atoms with Crippen LogP contribution in [0.15, 0.2) is 30.6 Å². The number of benzene rings is 1. The second-order valence-corrected chi connectivity index (χ2v) is 3.81. The van der Waals surface area contributed by atoms with E-state index >= 15 is 0 Å². The van der Waals surface area contributed by atoms with Crippen molar-refractivity contribution in [1.82, 2.24) is 15.1 Å². The molecular weight excluding hydrogens is 224 g/mol. The first-order chi connectivity index (χ1) is 8.13. The molecule has 0 aliphatic heterocycles. The molecule has 1 atom stereocenters. The lowest BCUT2D eigenvalue weighted by molar-refractivity contribution is 0.487. The SMILES string of the molecule is CNC(c1cnn(C)c1)c1cccc(F)c1F.